The lowest BCUT2D eigenvalue weighted by atomic mass is 10.1. The van der Waals surface area contributed by atoms with Gasteiger partial charge in [-0.3, -0.25) is 4.79 Å². The van der Waals surface area contributed by atoms with E-state index >= 15 is 0 Å². The Morgan fingerprint density at radius 1 is 1.14 bits per heavy atom. The second kappa shape index (κ2) is 11.6. The first-order valence-electron chi connectivity index (χ1n) is 13.5. The molecule has 0 aliphatic carbocycles. The van der Waals surface area contributed by atoms with Gasteiger partial charge in [-0.25, -0.2) is 29.0 Å². The standard InChI is InChI=1S/C29H29FN10O3/c1-17-11-19(5-8-25(17)43-21-6-7-24-22(12-21)36-37-38(24)3)34-27-26-23(32-16-33-27)13-31-29(35-26)39-9-10-40(28(41)18(2)30)20(14-39)15-42-4/h5-8,11-13,16,20H,2,9-10,14-15H2,1,3-4H3,(H,32,33,34)/t20-/m1/s1. The Hall–Kier alpha value is -5.24. The highest BCUT2D eigenvalue weighted by Gasteiger charge is 2.33. The quantitative estimate of drug-likeness (QED) is 0.267. The molecule has 1 fully saturated rings. The van der Waals surface area contributed by atoms with E-state index in [1.54, 1.807) is 10.9 Å². The van der Waals surface area contributed by atoms with E-state index in [1.807, 2.05) is 55.3 Å². The van der Waals surface area contributed by atoms with E-state index in [1.165, 1.54) is 18.3 Å². The molecule has 0 unspecified atom stereocenters. The third-order valence-electron chi connectivity index (χ3n) is 7.23. The number of aryl methyl sites for hydroxylation is 2. The van der Waals surface area contributed by atoms with E-state index in [0.717, 1.165) is 22.3 Å². The molecular formula is C29H29FN10O3. The van der Waals surface area contributed by atoms with Crippen LogP contribution in [-0.2, 0) is 16.6 Å². The zero-order valence-electron chi connectivity index (χ0n) is 23.9. The third kappa shape index (κ3) is 5.64. The summed E-state index contributed by atoms with van der Waals surface area (Å²) < 4.78 is 26.7. The lowest BCUT2D eigenvalue weighted by Gasteiger charge is -2.40. The van der Waals surface area contributed by atoms with Gasteiger partial charge in [-0.15, -0.1) is 5.10 Å². The molecule has 1 aliphatic heterocycles. The number of rotatable bonds is 8. The topological polar surface area (TPSA) is 136 Å². The van der Waals surface area contributed by atoms with Gasteiger partial charge in [-0.1, -0.05) is 11.8 Å². The number of anilines is 3. The number of piperazine rings is 1. The number of nitrogens with one attached hydrogen (secondary N) is 1. The number of amides is 1. The molecule has 0 spiro atoms. The average Bonchev–Trinajstić information content (AvgIpc) is 3.38. The van der Waals surface area contributed by atoms with Crippen molar-refractivity contribution in [3.05, 3.63) is 66.9 Å². The van der Waals surface area contributed by atoms with Gasteiger partial charge < -0.3 is 24.6 Å². The molecular weight excluding hydrogens is 555 g/mol. The maximum atomic E-state index is 13.6. The first-order chi connectivity index (χ1) is 20.8. The van der Waals surface area contributed by atoms with Crippen molar-refractivity contribution in [2.45, 2.75) is 13.0 Å². The van der Waals surface area contributed by atoms with E-state index in [9.17, 15) is 9.18 Å². The van der Waals surface area contributed by atoms with Gasteiger partial charge in [0.2, 0.25) is 5.95 Å². The van der Waals surface area contributed by atoms with Gasteiger partial charge in [-0.2, -0.15) is 0 Å². The fourth-order valence-electron chi connectivity index (χ4n) is 5.07. The van der Waals surface area contributed by atoms with Crippen LogP contribution in [0.3, 0.4) is 0 Å². The monoisotopic (exact) mass is 584 g/mol. The van der Waals surface area contributed by atoms with Crippen LogP contribution in [0.15, 0.2) is 61.3 Å². The minimum atomic E-state index is -0.997. The number of ether oxygens (including phenoxy) is 2. The van der Waals surface area contributed by atoms with Gasteiger partial charge in [0.15, 0.2) is 11.6 Å². The number of carbonyl (C=O) groups excluding carboxylic acids is 1. The van der Waals surface area contributed by atoms with Crippen LogP contribution in [0.5, 0.6) is 11.5 Å². The molecule has 2 aromatic carbocycles. The number of hydrogen-bond acceptors (Lipinski definition) is 11. The van der Waals surface area contributed by atoms with Gasteiger partial charge in [-0.05, 0) is 42.8 Å². The maximum Gasteiger partial charge on any atom is 0.282 e. The van der Waals surface area contributed by atoms with E-state index in [0.29, 0.717) is 47.4 Å². The Morgan fingerprint density at radius 2 is 2.00 bits per heavy atom. The first-order valence-corrected chi connectivity index (χ1v) is 13.5. The zero-order valence-corrected chi connectivity index (χ0v) is 23.9. The van der Waals surface area contributed by atoms with Gasteiger partial charge in [0.1, 0.15) is 34.4 Å². The number of methoxy groups -OCH3 is 1. The first kappa shape index (κ1) is 27.9. The van der Waals surface area contributed by atoms with Crippen LogP contribution in [0.2, 0.25) is 0 Å². The van der Waals surface area contributed by atoms with E-state index in [2.05, 4.69) is 37.2 Å². The molecule has 1 saturated heterocycles. The molecule has 4 heterocycles. The Labute approximate surface area is 246 Å². The Kier molecular flexibility index (Phi) is 7.50. The predicted octanol–water partition coefficient (Wildman–Crippen LogP) is 3.69. The summed E-state index contributed by atoms with van der Waals surface area (Å²) in [7, 11) is 3.38. The number of hydrogen-bond donors (Lipinski definition) is 1. The molecule has 14 heteroatoms. The Morgan fingerprint density at radius 3 is 2.79 bits per heavy atom. The summed E-state index contributed by atoms with van der Waals surface area (Å²) >= 11 is 0. The van der Waals surface area contributed by atoms with Crippen LogP contribution in [0.25, 0.3) is 22.1 Å². The van der Waals surface area contributed by atoms with Crippen LogP contribution in [-0.4, -0.2) is 85.1 Å². The van der Waals surface area contributed by atoms with Gasteiger partial charge >= 0.3 is 0 Å². The Bertz CT molecular complexity index is 1840. The lowest BCUT2D eigenvalue weighted by molar-refractivity contribution is -0.132. The number of benzene rings is 2. The van der Waals surface area contributed by atoms with Crippen LogP contribution in [0.1, 0.15) is 5.56 Å². The van der Waals surface area contributed by atoms with Crippen molar-refractivity contribution < 1.29 is 18.7 Å². The SMILES string of the molecule is C=C(F)C(=O)N1CCN(c2ncc3ncnc(Nc4ccc(Oc5ccc6c(c5)nnn6C)c(C)c4)c3n2)C[C@@H]1COC. The number of nitrogens with zero attached hydrogens (tertiary/aromatic N) is 9. The van der Waals surface area contributed by atoms with Gasteiger partial charge in [0.25, 0.3) is 5.91 Å². The lowest BCUT2D eigenvalue weighted by Crippen LogP contribution is -2.57. The largest absolute Gasteiger partial charge is 0.457 e. The number of aromatic nitrogens is 7. The molecule has 3 aromatic heterocycles. The third-order valence-corrected chi connectivity index (χ3v) is 7.23. The van der Waals surface area contributed by atoms with Crippen LogP contribution >= 0.6 is 0 Å². The molecule has 1 atom stereocenters. The molecule has 1 N–H and O–H groups in total. The molecule has 0 bridgehead atoms. The minimum absolute atomic E-state index is 0.229. The summed E-state index contributed by atoms with van der Waals surface area (Å²) in [5.74, 6) is 0.575. The summed E-state index contributed by atoms with van der Waals surface area (Å²) in [6.45, 7) is 6.38. The maximum absolute atomic E-state index is 13.6. The van der Waals surface area contributed by atoms with Crippen LogP contribution in [0, 0.1) is 6.92 Å². The molecule has 6 rings (SSSR count). The number of carbonyl (C=O) groups is 1. The van der Waals surface area contributed by atoms with Crippen molar-refractivity contribution in [3.8, 4) is 11.5 Å². The van der Waals surface area contributed by atoms with E-state index in [-0.39, 0.29) is 13.2 Å². The number of fused-ring (bicyclic) bond motifs is 2. The summed E-state index contributed by atoms with van der Waals surface area (Å²) in [4.78, 5) is 33.7. The Balaban J connectivity index is 1.21. The second-order valence-corrected chi connectivity index (χ2v) is 10.2. The molecule has 43 heavy (non-hydrogen) atoms. The van der Waals surface area contributed by atoms with Crippen molar-refractivity contribution in [1.82, 2.24) is 39.8 Å². The van der Waals surface area contributed by atoms with Crippen LogP contribution in [0.4, 0.5) is 21.8 Å². The molecule has 1 amide bonds. The minimum Gasteiger partial charge on any atom is -0.457 e. The normalized spacial score (nSPS) is 15.2. The molecule has 0 saturated carbocycles. The summed E-state index contributed by atoms with van der Waals surface area (Å²) in [6, 6.07) is 11.0. The van der Waals surface area contributed by atoms with Crippen LogP contribution < -0.4 is 15.0 Å². The van der Waals surface area contributed by atoms with Crippen molar-refractivity contribution in [2.75, 3.05) is 43.6 Å². The highest BCUT2D eigenvalue weighted by Crippen LogP contribution is 2.31. The van der Waals surface area contributed by atoms with Gasteiger partial charge in [0.05, 0.1) is 24.4 Å². The van der Waals surface area contributed by atoms with Crippen molar-refractivity contribution in [1.29, 1.82) is 0 Å². The summed E-state index contributed by atoms with van der Waals surface area (Å²) in [5.41, 5.74) is 4.46. The smallest absolute Gasteiger partial charge is 0.282 e. The highest BCUT2D eigenvalue weighted by atomic mass is 19.1. The predicted molar refractivity (Wildman–Crippen MR) is 158 cm³/mol. The molecule has 0 radical (unpaired) electrons. The molecule has 5 aromatic rings. The highest BCUT2D eigenvalue weighted by molar-refractivity contribution is 5.91. The molecule has 220 valence electrons. The van der Waals surface area contributed by atoms with Crippen molar-refractivity contribution in [2.24, 2.45) is 7.05 Å². The average molecular weight is 585 g/mol. The van der Waals surface area contributed by atoms with Crippen molar-refractivity contribution >= 4 is 45.4 Å². The van der Waals surface area contributed by atoms with E-state index < -0.39 is 17.8 Å². The summed E-state index contributed by atoms with van der Waals surface area (Å²) in [6.07, 6.45) is 3.08. The fraction of sp³-hybridized carbons (Fsp3) is 0.276. The van der Waals surface area contributed by atoms with Gasteiger partial charge in [0, 0.05) is 45.5 Å². The van der Waals surface area contributed by atoms with E-state index in [4.69, 9.17) is 14.5 Å². The fourth-order valence-corrected chi connectivity index (χ4v) is 5.07. The second-order valence-electron chi connectivity index (χ2n) is 10.2. The summed E-state index contributed by atoms with van der Waals surface area (Å²) in [5, 5.41) is 11.5. The molecule has 13 nitrogen and oxygen atoms in total. The number of halogens is 1. The van der Waals surface area contributed by atoms with Crippen molar-refractivity contribution in [3.63, 3.8) is 0 Å². The molecule has 1 aliphatic rings. The zero-order chi connectivity index (χ0) is 30.1.